The van der Waals surface area contributed by atoms with Crippen molar-refractivity contribution in [2.45, 2.75) is 13.5 Å². The first-order valence-corrected chi connectivity index (χ1v) is 6.13. The van der Waals surface area contributed by atoms with Crippen LogP contribution in [0.2, 0.25) is 5.15 Å². The number of furan rings is 1. The highest BCUT2D eigenvalue weighted by Gasteiger charge is 2.12. The third-order valence-corrected chi connectivity index (χ3v) is 3.16. The van der Waals surface area contributed by atoms with Crippen molar-refractivity contribution in [2.75, 3.05) is 11.9 Å². The SMILES string of the molecule is Cc1occc1CN(C)c1cc(Cl)nc2ncnn12. The highest BCUT2D eigenvalue weighted by atomic mass is 35.5. The van der Waals surface area contributed by atoms with Crippen molar-refractivity contribution in [3.8, 4) is 0 Å². The number of anilines is 1. The van der Waals surface area contributed by atoms with Crippen molar-refractivity contribution in [3.63, 3.8) is 0 Å². The van der Waals surface area contributed by atoms with Crippen molar-refractivity contribution < 1.29 is 4.42 Å². The van der Waals surface area contributed by atoms with E-state index in [4.69, 9.17) is 16.0 Å². The summed E-state index contributed by atoms with van der Waals surface area (Å²) in [6.07, 6.45) is 3.14. The van der Waals surface area contributed by atoms with Crippen molar-refractivity contribution >= 4 is 23.2 Å². The lowest BCUT2D eigenvalue weighted by Gasteiger charge is -2.19. The van der Waals surface area contributed by atoms with Crippen molar-refractivity contribution in [1.29, 1.82) is 0 Å². The molecule has 0 N–H and O–H groups in total. The highest BCUT2D eigenvalue weighted by molar-refractivity contribution is 6.29. The fourth-order valence-electron chi connectivity index (χ4n) is 1.95. The van der Waals surface area contributed by atoms with Crippen LogP contribution in [0.3, 0.4) is 0 Å². The van der Waals surface area contributed by atoms with Crippen LogP contribution in [0.5, 0.6) is 0 Å². The Balaban J connectivity index is 1.99. The summed E-state index contributed by atoms with van der Waals surface area (Å²) in [5.41, 5.74) is 1.11. The van der Waals surface area contributed by atoms with E-state index in [-0.39, 0.29) is 0 Å². The Labute approximate surface area is 114 Å². The second-order valence-electron chi connectivity index (χ2n) is 4.27. The summed E-state index contributed by atoms with van der Waals surface area (Å²) < 4.78 is 6.95. The van der Waals surface area contributed by atoms with E-state index in [1.807, 2.05) is 24.9 Å². The largest absolute Gasteiger partial charge is 0.469 e. The smallest absolute Gasteiger partial charge is 0.255 e. The Kier molecular flexibility index (Phi) is 2.87. The summed E-state index contributed by atoms with van der Waals surface area (Å²) >= 11 is 6.00. The number of nitrogens with zero attached hydrogens (tertiary/aromatic N) is 5. The molecule has 0 unspecified atom stereocenters. The number of fused-ring (bicyclic) bond motifs is 1. The molecule has 0 aliphatic rings. The van der Waals surface area contributed by atoms with E-state index in [1.165, 1.54) is 6.33 Å². The maximum absolute atomic E-state index is 6.00. The molecule has 19 heavy (non-hydrogen) atoms. The lowest BCUT2D eigenvalue weighted by molar-refractivity contribution is 0.529. The molecule has 3 heterocycles. The van der Waals surface area contributed by atoms with Crippen LogP contribution in [0.4, 0.5) is 5.82 Å². The summed E-state index contributed by atoms with van der Waals surface area (Å²) in [5, 5.41) is 4.55. The molecule has 0 aliphatic carbocycles. The van der Waals surface area contributed by atoms with E-state index >= 15 is 0 Å². The number of halogens is 1. The van der Waals surface area contributed by atoms with Crippen LogP contribution in [0, 0.1) is 6.92 Å². The average molecular weight is 278 g/mol. The number of hydrogen-bond donors (Lipinski definition) is 0. The second kappa shape index (κ2) is 4.55. The quantitative estimate of drug-likeness (QED) is 0.688. The molecule has 3 rings (SSSR count). The van der Waals surface area contributed by atoms with Crippen LogP contribution >= 0.6 is 11.6 Å². The van der Waals surface area contributed by atoms with Gasteiger partial charge >= 0.3 is 0 Å². The van der Waals surface area contributed by atoms with Gasteiger partial charge in [-0.2, -0.15) is 19.6 Å². The fraction of sp³-hybridized carbons (Fsp3) is 0.250. The van der Waals surface area contributed by atoms with E-state index in [0.29, 0.717) is 17.5 Å². The maximum Gasteiger partial charge on any atom is 0.255 e. The molecule has 0 amide bonds. The van der Waals surface area contributed by atoms with Gasteiger partial charge in [0, 0.05) is 25.2 Å². The zero-order valence-corrected chi connectivity index (χ0v) is 11.3. The zero-order valence-electron chi connectivity index (χ0n) is 10.5. The maximum atomic E-state index is 6.00. The summed E-state index contributed by atoms with van der Waals surface area (Å²) in [4.78, 5) is 10.2. The molecule has 7 heteroatoms. The van der Waals surface area contributed by atoms with E-state index in [1.54, 1.807) is 16.8 Å². The van der Waals surface area contributed by atoms with Gasteiger partial charge in [-0.3, -0.25) is 0 Å². The normalized spacial score (nSPS) is 11.1. The van der Waals surface area contributed by atoms with Crippen LogP contribution in [-0.4, -0.2) is 26.6 Å². The molecule has 0 aromatic carbocycles. The summed E-state index contributed by atoms with van der Waals surface area (Å²) in [6.45, 7) is 2.63. The van der Waals surface area contributed by atoms with Gasteiger partial charge in [0.1, 0.15) is 23.1 Å². The van der Waals surface area contributed by atoms with Gasteiger partial charge in [0.2, 0.25) is 0 Å². The summed E-state index contributed by atoms with van der Waals surface area (Å²) in [7, 11) is 1.96. The molecule has 0 bridgehead atoms. The second-order valence-corrected chi connectivity index (χ2v) is 4.65. The topological polar surface area (TPSA) is 59.5 Å². The summed E-state index contributed by atoms with van der Waals surface area (Å²) in [5.74, 6) is 2.22. The zero-order chi connectivity index (χ0) is 13.4. The van der Waals surface area contributed by atoms with Crippen molar-refractivity contribution in [3.05, 3.63) is 41.2 Å². The van der Waals surface area contributed by atoms with E-state index in [0.717, 1.165) is 17.1 Å². The van der Waals surface area contributed by atoms with Gasteiger partial charge < -0.3 is 9.32 Å². The molecule has 0 saturated heterocycles. The molecule has 0 aliphatic heterocycles. The molecular weight excluding hydrogens is 266 g/mol. The minimum atomic E-state index is 0.395. The molecule has 3 aromatic heterocycles. The van der Waals surface area contributed by atoms with Crippen molar-refractivity contribution in [2.24, 2.45) is 0 Å². The Morgan fingerprint density at radius 2 is 2.32 bits per heavy atom. The van der Waals surface area contributed by atoms with Gasteiger partial charge in [-0.15, -0.1) is 0 Å². The molecule has 0 atom stereocenters. The molecule has 6 nitrogen and oxygen atoms in total. The van der Waals surface area contributed by atoms with Gasteiger partial charge in [-0.25, -0.2) is 0 Å². The molecule has 0 radical (unpaired) electrons. The predicted molar refractivity (Wildman–Crippen MR) is 71.3 cm³/mol. The average Bonchev–Trinajstić information content (AvgIpc) is 2.98. The molecule has 0 saturated carbocycles. The van der Waals surface area contributed by atoms with Gasteiger partial charge in [0.05, 0.1) is 6.26 Å². The highest BCUT2D eigenvalue weighted by Crippen LogP contribution is 2.20. The minimum Gasteiger partial charge on any atom is -0.469 e. The number of hydrogen-bond acceptors (Lipinski definition) is 5. The van der Waals surface area contributed by atoms with Gasteiger partial charge in [-0.05, 0) is 13.0 Å². The molecule has 0 fully saturated rings. The summed E-state index contributed by atoms with van der Waals surface area (Å²) in [6, 6.07) is 3.71. The van der Waals surface area contributed by atoms with E-state index in [9.17, 15) is 0 Å². The number of aromatic nitrogens is 4. The van der Waals surface area contributed by atoms with Crippen LogP contribution in [0.1, 0.15) is 11.3 Å². The first kappa shape index (κ1) is 12.0. The van der Waals surface area contributed by atoms with Crippen LogP contribution in [0.25, 0.3) is 5.78 Å². The van der Waals surface area contributed by atoms with Crippen LogP contribution in [0.15, 0.2) is 29.1 Å². The van der Waals surface area contributed by atoms with Crippen LogP contribution < -0.4 is 4.90 Å². The van der Waals surface area contributed by atoms with Crippen molar-refractivity contribution in [1.82, 2.24) is 19.6 Å². The Hall–Kier alpha value is -2.08. The fourth-order valence-corrected chi connectivity index (χ4v) is 2.13. The first-order chi connectivity index (χ1) is 9.15. The monoisotopic (exact) mass is 277 g/mol. The molecule has 98 valence electrons. The van der Waals surface area contributed by atoms with Gasteiger partial charge in [0.25, 0.3) is 5.78 Å². The van der Waals surface area contributed by atoms with Gasteiger partial charge in [-0.1, -0.05) is 11.6 Å². The first-order valence-electron chi connectivity index (χ1n) is 5.75. The standard InChI is InChI=1S/C12H12ClN5O/c1-8-9(3-4-19-8)6-17(2)11-5-10(13)16-12-14-7-15-18(11)12/h3-5,7H,6H2,1-2H3. The Bertz CT molecular complexity index is 720. The van der Waals surface area contributed by atoms with Gasteiger partial charge in [0.15, 0.2) is 0 Å². The molecule has 3 aromatic rings. The third kappa shape index (κ3) is 2.15. The predicted octanol–water partition coefficient (Wildman–Crippen LogP) is 2.32. The van der Waals surface area contributed by atoms with Crippen LogP contribution in [-0.2, 0) is 6.54 Å². The van der Waals surface area contributed by atoms with E-state index in [2.05, 4.69) is 15.1 Å². The molecular formula is C12H12ClN5O. The lowest BCUT2D eigenvalue weighted by Crippen LogP contribution is -2.20. The third-order valence-electron chi connectivity index (χ3n) is 2.97. The van der Waals surface area contributed by atoms with E-state index < -0.39 is 0 Å². The molecule has 0 spiro atoms. The Morgan fingerprint density at radius 1 is 1.47 bits per heavy atom. The number of rotatable bonds is 3. The number of aryl methyl sites for hydroxylation is 1. The minimum absolute atomic E-state index is 0.395. The Morgan fingerprint density at radius 3 is 3.05 bits per heavy atom. The lowest BCUT2D eigenvalue weighted by atomic mass is 10.2.